The van der Waals surface area contributed by atoms with Gasteiger partial charge in [-0.25, -0.2) is 0 Å². The fraction of sp³-hybridized carbons (Fsp3) is 0.211. The van der Waals surface area contributed by atoms with Gasteiger partial charge in [0.1, 0.15) is 5.75 Å². The van der Waals surface area contributed by atoms with Gasteiger partial charge in [-0.15, -0.1) is 11.3 Å². The number of carbonyl (C=O) groups is 1. The Bertz CT molecular complexity index is 927. The average molecular weight is 377 g/mol. The number of nitrogens with one attached hydrogen (secondary N) is 1. The molecule has 2 aliphatic rings. The lowest BCUT2D eigenvalue weighted by Crippen LogP contribution is -2.29. The molecule has 1 amide bonds. The minimum atomic E-state index is -4.92. The highest BCUT2D eigenvalue weighted by Gasteiger charge is 2.39. The van der Waals surface area contributed by atoms with Crippen molar-refractivity contribution in [1.82, 2.24) is 0 Å². The SMILES string of the molecule is O=C(Nc1cc2c(s1)-c1ccccc1OC2C1=CCCC=C1)C(F)(F)F. The fourth-order valence-corrected chi connectivity index (χ4v) is 4.19. The van der Waals surface area contributed by atoms with Crippen LogP contribution in [0.25, 0.3) is 10.4 Å². The van der Waals surface area contributed by atoms with E-state index in [4.69, 9.17) is 4.74 Å². The Morgan fingerprint density at radius 2 is 2.04 bits per heavy atom. The Morgan fingerprint density at radius 1 is 1.23 bits per heavy atom. The van der Waals surface area contributed by atoms with Crippen LogP contribution < -0.4 is 10.1 Å². The molecule has 0 fully saturated rings. The molecule has 1 aliphatic heterocycles. The van der Waals surface area contributed by atoms with Crippen LogP contribution in [-0.4, -0.2) is 12.1 Å². The number of rotatable bonds is 2. The summed E-state index contributed by atoms with van der Waals surface area (Å²) in [4.78, 5) is 12.1. The molecule has 2 heterocycles. The summed E-state index contributed by atoms with van der Waals surface area (Å²) in [6, 6.07) is 8.98. The van der Waals surface area contributed by atoms with E-state index in [2.05, 4.69) is 12.2 Å². The van der Waals surface area contributed by atoms with Gasteiger partial charge in [0.15, 0.2) is 6.10 Å². The second-order valence-corrected chi connectivity index (χ2v) is 7.08. The number of alkyl halides is 3. The molecule has 0 radical (unpaired) electrons. The number of fused-ring (bicyclic) bond motifs is 3. The topological polar surface area (TPSA) is 38.3 Å². The van der Waals surface area contributed by atoms with E-state index in [0.717, 1.165) is 45.8 Å². The normalized spacial score (nSPS) is 18.4. The monoisotopic (exact) mass is 377 g/mol. The van der Waals surface area contributed by atoms with Gasteiger partial charge >= 0.3 is 12.1 Å². The molecular formula is C19H14F3NO2S. The Morgan fingerprint density at radius 3 is 2.77 bits per heavy atom. The van der Waals surface area contributed by atoms with Crippen LogP contribution in [0.1, 0.15) is 24.5 Å². The number of thiophene rings is 1. The molecule has 134 valence electrons. The van der Waals surface area contributed by atoms with Gasteiger partial charge < -0.3 is 10.1 Å². The summed E-state index contributed by atoms with van der Waals surface area (Å²) < 4.78 is 43.9. The summed E-state index contributed by atoms with van der Waals surface area (Å²) in [7, 11) is 0. The average Bonchev–Trinajstić information content (AvgIpc) is 3.05. The van der Waals surface area contributed by atoms with Crippen molar-refractivity contribution >= 4 is 22.2 Å². The van der Waals surface area contributed by atoms with Crippen molar-refractivity contribution in [2.45, 2.75) is 25.1 Å². The van der Waals surface area contributed by atoms with Crippen molar-refractivity contribution in [3.05, 3.63) is 59.7 Å². The summed E-state index contributed by atoms with van der Waals surface area (Å²) in [6.45, 7) is 0. The number of ether oxygens (including phenoxy) is 1. The van der Waals surface area contributed by atoms with E-state index in [-0.39, 0.29) is 5.00 Å². The lowest BCUT2D eigenvalue weighted by molar-refractivity contribution is -0.167. The highest BCUT2D eigenvalue weighted by Crippen LogP contribution is 2.50. The maximum Gasteiger partial charge on any atom is 0.471 e. The quantitative estimate of drug-likeness (QED) is 0.737. The van der Waals surface area contributed by atoms with E-state index < -0.39 is 18.2 Å². The molecule has 1 aromatic heterocycles. The number of allylic oxidation sites excluding steroid dienone is 2. The molecule has 0 saturated heterocycles. The predicted molar refractivity (Wildman–Crippen MR) is 94.3 cm³/mol. The van der Waals surface area contributed by atoms with Crippen LogP contribution in [0, 0.1) is 0 Å². The number of anilines is 1. The second-order valence-electron chi connectivity index (χ2n) is 6.02. The minimum Gasteiger partial charge on any atom is -0.480 e. The van der Waals surface area contributed by atoms with Crippen LogP contribution >= 0.6 is 11.3 Å². The molecule has 0 spiro atoms. The van der Waals surface area contributed by atoms with Crippen LogP contribution in [0.3, 0.4) is 0 Å². The van der Waals surface area contributed by atoms with Crippen molar-refractivity contribution in [2.75, 3.05) is 5.32 Å². The zero-order chi connectivity index (χ0) is 18.3. The molecule has 26 heavy (non-hydrogen) atoms. The smallest absolute Gasteiger partial charge is 0.471 e. The van der Waals surface area contributed by atoms with Gasteiger partial charge in [0.05, 0.1) is 5.00 Å². The highest BCUT2D eigenvalue weighted by molar-refractivity contribution is 7.19. The van der Waals surface area contributed by atoms with Gasteiger partial charge in [-0.1, -0.05) is 30.4 Å². The zero-order valence-electron chi connectivity index (χ0n) is 13.5. The first-order valence-electron chi connectivity index (χ1n) is 8.08. The number of para-hydroxylation sites is 1. The molecule has 1 atom stereocenters. The number of hydrogen-bond donors (Lipinski definition) is 1. The van der Waals surface area contributed by atoms with Gasteiger partial charge in [-0.3, -0.25) is 4.79 Å². The van der Waals surface area contributed by atoms with Crippen LogP contribution in [0.5, 0.6) is 5.75 Å². The molecule has 1 unspecified atom stereocenters. The molecule has 1 N–H and O–H groups in total. The van der Waals surface area contributed by atoms with E-state index >= 15 is 0 Å². The predicted octanol–water partition coefficient (Wildman–Crippen LogP) is 5.63. The van der Waals surface area contributed by atoms with E-state index in [1.807, 2.05) is 35.7 Å². The van der Waals surface area contributed by atoms with Crippen LogP contribution in [0.2, 0.25) is 0 Å². The standard InChI is InChI=1S/C19H14F3NO2S/c20-19(21,22)18(24)23-15-10-13-16(11-6-2-1-3-7-11)25-14-9-5-4-8-12(14)17(13)26-15/h2,4-10,16H,1,3H2,(H,23,24). The molecule has 0 saturated carbocycles. The molecule has 1 aromatic carbocycles. The lowest BCUT2D eigenvalue weighted by atomic mass is 9.93. The second kappa shape index (κ2) is 6.32. The van der Waals surface area contributed by atoms with E-state index in [9.17, 15) is 18.0 Å². The summed E-state index contributed by atoms with van der Waals surface area (Å²) in [5.74, 6) is -1.29. The molecule has 0 bridgehead atoms. The van der Waals surface area contributed by atoms with Crippen LogP contribution in [-0.2, 0) is 4.79 Å². The Labute approximate surface area is 151 Å². The largest absolute Gasteiger partial charge is 0.480 e. The maximum atomic E-state index is 12.6. The first kappa shape index (κ1) is 16.9. The molecular weight excluding hydrogens is 363 g/mol. The fourth-order valence-electron chi connectivity index (χ4n) is 3.08. The van der Waals surface area contributed by atoms with Gasteiger partial charge in [-0.05, 0) is 36.6 Å². The Kier molecular flexibility index (Phi) is 4.11. The number of benzene rings is 1. The van der Waals surface area contributed by atoms with E-state index in [1.54, 1.807) is 6.07 Å². The van der Waals surface area contributed by atoms with Gasteiger partial charge in [0.2, 0.25) is 0 Å². The lowest BCUT2D eigenvalue weighted by Gasteiger charge is -2.28. The first-order chi connectivity index (χ1) is 12.4. The number of amides is 1. The van der Waals surface area contributed by atoms with Crippen molar-refractivity contribution in [2.24, 2.45) is 0 Å². The number of carbonyl (C=O) groups excluding carboxylic acids is 1. The molecule has 4 rings (SSSR count). The summed E-state index contributed by atoms with van der Waals surface area (Å²) in [6.07, 6.45) is 2.64. The molecule has 2 aromatic rings. The third-order valence-electron chi connectivity index (χ3n) is 4.24. The Balaban J connectivity index is 1.77. The van der Waals surface area contributed by atoms with E-state index in [0.29, 0.717) is 5.75 Å². The highest BCUT2D eigenvalue weighted by atomic mass is 32.1. The minimum absolute atomic E-state index is 0.156. The van der Waals surface area contributed by atoms with Crippen molar-refractivity contribution in [3.63, 3.8) is 0 Å². The Hall–Kier alpha value is -2.54. The van der Waals surface area contributed by atoms with Gasteiger partial charge in [0.25, 0.3) is 0 Å². The first-order valence-corrected chi connectivity index (χ1v) is 8.89. The molecule has 1 aliphatic carbocycles. The third-order valence-corrected chi connectivity index (χ3v) is 5.34. The molecule has 7 heteroatoms. The van der Waals surface area contributed by atoms with Crippen LogP contribution in [0.4, 0.5) is 18.2 Å². The van der Waals surface area contributed by atoms with Crippen molar-refractivity contribution < 1.29 is 22.7 Å². The number of halogens is 3. The van der Waals surface area contributed by atoms with E-state index in [1.165, 1.54) is 0 Å². The summed E-state index contributed by atoms with van der Waals surface area (Å²) in [5, 5.41) is 2.11. The van der Waals surface area contributed by atoms with Crippen molar-refractivity contribution in [1.29, 1.82) is 0 Å². The van der Waals surface area contributed by atoms with Gasteiger partial charge in [0, 0.05) is 16.0 Å². The molecule has 3 nitrogen and oxygen atoms in total. The summed E-state index contributed by atoms with van der Waals surface area (Å²) >= 11 is 1.13. The van der Waals surface area contributed by atoms with Crippen LogP contribution in [0.15, 0.2) is 54.1 Å². The third kappa shape index (κ3) is 3.03. The summed E-state index contributed by atoms with van der Waals surface area (Å²) in [5.41, 5.74) is 2.55. The zero-order valence-corrected chi connectivity index (χ0v) is 14.3. The maximum absolute atomic E-state index is 12.6. The number of hydrogen-bond acceptors (Lipinski definition) is 3. The van der Waals surface area contributed by atoms with Gasteiger partial charge in [-0.2, -0.15) is 13.2 Å². The van der Waals surface area contributed by atoms with Crippen molar-refractivity contribution in [3.8, 4) is 16.2 Å².